The van der Waals surface area contributed by atoms with Gasteiger partial charge in [-0.1, -0.05) is 23.7 Å². The molecule has 1 aliphatic heterocycles. The number of aliphatic hydroxyl groups is 1. The Balaban J connectivity index is 1.42. The van der Waals surface area contributed by atoms with E-state index in [0.717, 1.165) is 33.9 Å². The van der Waals surface area contributed by atoms with Crippen molar-refractivity contribution in [3.8, 4) is 11.3 Å². The van der Waals surface area contributed by atoms with Gasteiger partial charge in [0, 0.05) is 41.8 Å². The summed E-state index contributed by atoms with van der Waals surface area (Å²) < 4.78 is 3.30. The molecule has 4 aromatic rings. The number of nitrogens with one attached hydrogen (secondary N) is 1. The number of aryl methyl sites for hydroxylation is 2. The van der Waals surface area contributed by atoms with Crippen molar-refractivity contribution >= 4 is 29.4 Å². The lowest BCUT2D eigenvalue weighted by Crippen LogP contribution is -2.32. The van der Waals surface area contributed by atoms with Crippen LogP contribution >= 0.6 is 11.6 Å². The first-order valence-corrected chi connectivity index (χ1v) is 10.8. The molecule has 1 aliphatic rings. The molecule has 0 saturated heterocycles. The van der Waals surface area contributed by atoms with E-state index in [0.29, 0.717) is 17.5 Å². The minimum Gasteiger partial charge on any atom is -0.394 e. The molecule has 0 radical (unpaired) electrons. The summed E-state index contributed by atoms with van der Waals surface area (Å²) in [6.07, 6.45) is 5.22. The van der Waals surface area contributed by atoms with Gasteiger partial charge in [0.25, 0.3) is 0 Å². The van der Waals surface area contributed by atoms with Crippen molar-refractivity contribution in [3.05, 3.63) is 76.8 Å². The van der Waals surface area contributed by atoms with Crippen LogP contribution in [0.5, 0.6) is 0 Å². The third kappa shape index (κ3) is 3.85. The van der Waals surface area contributed by atoms with E-state index in [1.165, 1.54) is 0 Å². The van der Waals surface area contributed by atoms with Gasteiger partial charge in [0.15, 0.2) is 0 Å². The fourth-order valence-electron chi connectivity index (χ4n) is 4.07. The van der Waals surface area contributed by atoms with Crippen LogP contribution in [0, 0.1) is 6.92 Å². The maximum absolute atomic E-state index is 13.2. The Labute approximate surface area is 195 Å². The summed E-state index contributed by atoms with van der Waals surface area (Å²) in [5.41, 5.74) is 4.08. The Hall–Kier alpha value is -3.69. The normalized spacial score (nSPS) is 13.9. The number of hydrogen-bond acceptors (Lipinski definition) is 6. The molecule has 2 N–H and O–H groups in total. The van der Waals surface area contributed by atoms with Gasteiger partial charge in [-0.15, -0.1) is 0 Å². The minimum atomic E-state index is -0.477. The van der Waals surface area contributed by atoms with E-state index in [-0.39, 0.29) is 12.6 Å². The second-order valence-corrected chi connectivity index (χ2v) is 8.38. The number of carbonyl (C=O) groups is 1. The number of aliphatic hydroxyl groups excluding tert-OH is 1. The van der Waals surface area contributed by atoms with Gasteiger partial charge < -0.3 is 15.3 Å². The molecule has 0 bridgehead atoms. The van der Waals surface area contributed by atoms with Crippen LogP contribution in [0.25, 0.3) is 11.3 Å². The molecule has 0 spiro atoms. The zero-order chi connectivity index (χ0) is 23.1. The fourth-order valence-corrected chi connectivity index (χ4v) is 4.26. The number of hydrogen-bond donors (Lipinski definition) is 2. The number of benzene rings is 1. The van der Waals surface area contributed by atoms with E-state index < -0.39 is 6.04 Å². The molecule has 33 heavy (non-hydrogen) atoms. The average Bonchev–Trinajstić information content (AvgIpc) is 3.47. The van der Waals surface area contributed by atoms with Crippen LogP contribution in [-0.2, 0) is 13.6 Å². The minimum absolute atomic E-state index is 0.197. The number of carbonyl (C=O) groups excluding carboxylic acids is 1. The van der Waals surface area contributed by atoms with E-state index in [1.807, 2.05) is 38.2 Å². The first-order chi connectivity index (χ1) is 15.9. The summed E-state index contributed by atoms with van der Waals surface area (Å²) >= 11 is 6.11. The van der Waals surface area contributed by atoms with Crippen LogP contribution in [0.1, 0.15) is 22.9 Å². The molecule has 0 aliphatic carbocycles. The van der Waals surface area contributed by atoms with Crippen molar-refractivity contribution < 1.29 is 9.90 Å². The van der Waals surface area contributed by atoms with Crippen LogP contribution < -0.4 is 5.32 Å². The van der Waals surface area contributed by atoms with E-state index in [1.54, 1.807) is 44.9 Å². The highest BCUT2D eigenvalue weighted by Crippen LogP contribution is 2.33. The Morgan fingerprint density at radius 3 is 2.82 bits per heavy atom. The van der Waals surface area contributed by atoms with E-state index >= 15 is 0 Å². The van der Waals surface area contributed by atoms with Crippen molar-refractivity contribution in [3.63, 3.8) is 0 Å². The second-order valence-electron chi connectivity index (χ2n) is 7.94. The Kier molecular flexibility index (Phi) is 5.35. The first kappa shape index (κ1) is 21.2. The molecule has 1 aromatic carbocycles. The maximum Gasteiger partial charge on any atom is 0.329 e. The Morgan fingerprint density at radius 2 is 2.12 bits per heavy atom. The van der Waals surface area contributed by atoms with Gasteiger partial charge in [0.1, 0.15) is 5.82 Å². The smallest absolute Gasteiger partial charge is 0.329 e. The highest BCUT2D eigenvalue weighted by Gasteiger charge is 2.34. The number of rotatable bonds is 6. The summed E-state index contributed by atoms with van der Waals surface area (Å²) in [4.78, 5) is 23.9. The Bertz CT molecular complexity index is 1350. The summed E-state index contributed by atoms with van der Waals surface area (Å²) in [5.74, 6) is 1.21. The van der Waals surface area contributed by atoms with E-state index in [2.05, 4.69) is 20.4 Å². The lowest BCUT2D eigenvalue weighted by atomic mass is 10.1. The fraction of sp³-hybridized carbons (Fsp3) is 0.217. The molecule has 0 saturated carbocycles. The third-order valence-electron chi connectivity index (χ3n) is 5.77. The SMILES string of the molecule is Cc1cnc(Nc2ccnn2C)nc1-c1cc2n(c1)C(=O)N(C(CO)c1cccc(Cl)c1)C2. The molecule has 9 nitrogen and oxygen atoms in total. The summed E-state index contributed by atoms with van der Waals surface area (Å²) in [5, 5.41) is 17.9. The lowest BCUT2D eigenvalue weighted by Gasteiger charge is -2.26. The predicted molar refractivity (Wildman–Crippen MR) is 124 cm³/mol. The van der Waals surface area contributed by atoms with Crippen molar-refractivity contribution in [2.45, 2.75) is 19.5 Å². The second kappa shape index (κ2) is 8.34. The standard InChI is InChI=1S/C23H22ClN7O2/c1-14-10-25-22(27-20-6-7-26-29(20)2)28-21(14)16-9-18-12-31(23(33)30(18)11-16)19(13-32)15-4-3-5-17(24)8-15/h3-11,19,32H,12-13H2,1-2H3,(H,25,27,28). The molecule has 10 heteroatoms. The van der Waals surface area contributed by atoms with Crippen LogP contribution in [0.4, 0.5) is 16.6 Å². The summed E-state index contributed by atoms with van der Waals surface area (Å²) in [6, 6.07) is 10.3. The number of aromatic nitrogens is 5. The molecule has 4 heterocycles. The zero-order valence-electron chi connectivity index (χ0n) is 18.1. The van der Waals surface area contributed by atoms with Gasteiger partial charge in [-0.3, -0.25) is 9.25 Å². The highest BCUT2D eigenvalue weighted by molar-refractivity contribution is 6.30. The molecule has 1 amide bonds. The molecular formula is C23H22ClN7O2. The molecule has 5 rings (SSSR count). The molecule has 1 unspecified atom stereocenters. The molecule has 0 fully saturated rings. The molecule has 168 valence electrons. The molecular weight excluding hydrogens is 442 g/mol. The molecule has 1 atom stereocenters. The first-order valence-electron chi connectivity index (χ1n) is 10.4. The maximum atomic E-state index is 13.2. The Morgan fingerprint density at radius 1 is 1.27 bits per heavy atom. The quantitative estimate of drug-likeness (QED) is 0.449. The number of halogens is 1. The number of nitrogens with zero attached hydrogens (tertiary/aromatic N) is 6. The highest BCUT2D eigenvalue weighted by atomic mass is 35.5. The van der Waals surface area contributed by atoms with Crippen molar-refractivity contribution in [1.29, 1.82) is 0 Å². The average molecular weight is 464 g/mol. The largest absolute Gasteiger partial charge is 0.394 e. The zero-order valence-corrected chi connectivity index (χ0v) is 18.9. The van der Waals surface area contributed by atoms with E-state index in [9.17, 15) is 9.90 Å². The van der Waals surface area contributed by atoms with Gasteiger partial charge in [0.05, 0.1) is 31.1 Å². The van der Waals surface area contributed by atoms with Crippen LogP contribution in [0.2, 0.25) is 5.02 Å². The van der Waals surface area contributed by atoms with Crippen molar-refractivity contribution in [2.24, 2.45) is 7.05 Å². The predicted octanol–water partition coefficient (Wildman–Crippen LogP) is 3.90. The summed E-state index contributed by atoms with van der Waals surface area (Å²) in [7, 11) is 1.83. The van der Waals surface area contributed by atoms with Gasteiger partial charge in [0.2, 0.25) is 5.95 Å². The molecule has 3 aromatic heterocycles. The van der Waals surface area contributed by atoms with Gasteiger partial charge in [-0.05, 0) is 36.2 Å². The van der Waals surface area contributed by atoms with Crippen LogP contribution in [0.15, 0.2) is 55.0 Å². The van der Waals surface area contributed by atoms with E-state index in [4.69, 9.17) is 11.6 Å². The van der Waals surface area contributed by atoms with Crippen LogP contribution in [0.3, 0.4) is 0 Å². The third-order valence-corrected chi connectivity index (χ3v) is 6.01. The van der Waals surface area contributed by atoms with Crippen molar-refractivity contribution in [2.75, 3.05) is 11.9 Å². The monoisotopic (exact) mass is 463 g/mol. The van der Waals surface area contributed by atoms with Gasteiger partial charge in [-0.2, -0.15) is 5.10 Å². The topological polar surface area (TPSA) is 101 Å². The van der Waals surface area contributed by atoms with Gasteiger partial charge >= 0.3 is 6.03 Å². The summed E-state index contributed by atoms with van der Waals surface area (Å²) in [6.45, 7) is 2.11. The van der Waals surface area contributed by atoms with Crippen molar-refractivity contribution in [1.82, 2.24) is 29.2 Å². The number of amides is 1. The van der Waals surface area contributed by atoms with Crippen LogP contribution in [-0.4, -0.2) is 47.0 Å². The lowest BCUT2D eigenvalue weighted by molar-refractivity contribution is 0.141. The van der Waals surface area contributed by atoms with Gasteiger partial charge in [-0.25, -0.2) is 14.8 Å². The number of anilines is 2. The number of fused-ring (bicyclic) bond motifs is 1.